The summed E-state index contributed by atoms with van der Waals surface area (Å²) >= 11 is 0. The Morgan fingerprint density at radius 2 is 1.89 bits per heavy atom. The van der Waals surface area contributed by atoms with Crippen molar-refractivity contribution < 1.29 is 9.84 Å². The van der Waals surface area contributed by atoms with Gasteiger partial charge in [0.15, 0.2) is 0 Å². The van der Waals surface area contributed by atoms with Gasteiger partial charge in [0.1, 0.15) is 24.3 Å². The van der Waals surface area contributed by atoms with Crippen LogP contribution in [0.2, 0.25) is 0 Å². The largest absolute Gasteiger partial charge is 0.491 e. The standard InChI is InChI=1S/C21H25N3O3/c1-14-8-15(2)10-17(9-14)27-13-16(25)11-24(3)12-20-22-19-7-5-4-6-18(19)21(26)23-20/h4-10,16,25H,11-13H2,1-3H3,(H,22,23,26). The van der Waals surface area contributed by atoms with Crippen molar-refractivity contribution in [2.45, 2.75) is 26.5 Å². The Hall–Kier alpha value is -2.70. The highest BCUT2D eigenvalue weighted by molar-refractivity contribution is 5.77. The highest BCUT2D eigenvalue weighted by Crippen LogP contribution is 2.16. The van der Waals surface area contributed by atoms with E-state index in [0.717, 1.165) is 16.9 Å². The SMILES string of the molecule is Cc1cc(C)cc(OCC(O)CN(C)Cc2nc3ccccc3c(=O)[nH]2)c1. The monoisotopic (exact) mass is 367 g/mol. The first-order chi connectivity index (χ1) is 12.9. The summed E-state index contributed by atoms with van der Waals surface area (Å²) in [7, 11) is 1.87. The molecule has 0 aliphatic rings. The Kier molecular flexibility index (Phi) is 5.88. The summed E-state index contributed by atoms with van der Waals surface area (Å²) in [4.78, 5) is 21.3. The summed E-state index contributed by atoms with van der Waals surface area (Å²) in [5, 5.41) is 10.8. The lowest BCUT2D eigenvalue weighted by Crippen LogP contribution is -2.33. The van der Waals surface area contributed by atoms with Gasteiger partial charge in [-0.15, -0.1) is 0 Å². The second kappa shape index (κ2) is 8.33. The zero-order valence-corrected chi connectivity index (χ0v) is 15.9. The Labute approximate surface area is 158 Å². The number of rotatable bonds is 7. The molecule has 6 heteroatoms. The lowest BCUT2D eigenvalue weighted by molar-refractivity contribution is 0.0736. The quantitative estimate of drug-likeness (QED) is 0.670. The fourth-order valence-electron chi connectivity index (χ4n) is 3.15. The molecule has 3 rings (SSSR count). The molecule has 1 unspecified atom stereocenters. The van der Waals surface area contributed by atoms with E-state index in [0.29, 0.717) is 29.8 Å². The Morgan fingerprint density at radius 1 is 1.19 bits per heavy atom. The van der Waals surface area contributed by atoms with Crippen LogP contribution >= 0.6 is 0 Å². The molecule has 1 atom stereocenters. The highest BCUT2D eigenvalue weighted by Gasteiger charge is 2.12. The van der Waals surface area contributed by atoms with Gasteiger partial charge in [0.05, 0.1) is 17.4 Å². The zero-order valence-electron chi connectivity index (χ0n) is 15.9. The van der Waals surface area contributed by atoms with Gasteiger partial charge in [-0.3, -0.25) is 9.69 Å². The number of fused-ring (bicyclic) bond motifs is 1. The van der Waals surface area contributed by atoms with Gasteiger partial charge >= 0.3 is 0 Å². The van der Waals surface area contributed by atoms with Crippen LogP contribution in [0.25, 0.3) is 10.9 Å². The number of ether oxygens (including phenoxy) is 1. The minimum Gasteiger partial charge on any atom is -0.491 e. The van der Waals surface area contributed by atoms with Gasteiger partial charge in [-0.05, 0) is 56.3 Å². The van der Waals surface area contributed by atoms with Crippen molar-refractivity contribution in [2.24, 2.45) is 0 Å². The van der Waals surface area contributed by atoms with E-state index in [1.807, 2.05) is 56.1 Å². The van der Waals surface area contributed by atoms with E-state index in [2.05, 4.69) is 16.0 Å². The summed E-state index contributed by atoms with van der Waals surface area (Å²) in [6, 6.07) is 13.2. The van der Waals surface area contributed by atoms with Crippen LogP contribution in [0, 0.1) is 13.8 Å². The van der Waals surface area contributed by atoms with Gasteiger partial charge in [-0.2, -0.15) is 0 Å². The van der Waals surface area contributed by atoms with Crippen LogP contribution in [0.15, 0.2) is 47.3 Å². The van der Waals surface area contributed by atoms with Gasteiger partial charge in [-0.1, -0.05) is 18.2 Å². The third-order valence-electron chi connectivity index (χ3n) is 4.24. The van der Waals surface area contributed by atoms with Crippen molar-refractivity contribution in [3.63, 3.8) is 0 Å². The van der Waals surface area contributed by atoms with Gasteiger partial charge < -0.3 is 14.8 Å². The van der Waals surface area contributed by atoms with E-state index < -0.39 is 6.10 Å². The molecule has 0 amide bonds. The molecule has 3 aromatic rings. The van der Waals surface area contributed by atoms with Gasteiger partial charge in [-0.25, -0.2) is 4.98 Å². The third-order valence-corrected chi connectivity index (χ3v) is 4.24. The van der Waals surface area contributed by atoms with Crippen LogP contribution in [0.4, 0.5) is 0 Å². The minimum absolute atomic E-state index is 0.150. The molecule has 27 heavy (non-hydrogen) atoms. The van der Waals surface area contributed by atoms with Crippen LogP contribution in [0.1, 0.15) is 17.0 Å². The number of H-pyrrole nitrogens is 1. The van der Waals surface area contributed by atoms with Crippen LogP contribution in [-0.2, 0) is 6.54 Å². The molecule has 6 nitrogen and oxygen atoms in total. The average molecular weight is 367 g/mol. The van der Waals surface area contributed by atoms with E-state index >= 15 is 0 Å². The molecule has 0 saturated carbocycles. The molecule has 0 fully saturated rings. The van der Waals surface area contributed by atoms with Gasteiger partial charge in [0.25, 0.3) is 5.56 Å². The highest BCUT2D eigenvalue weighted by atomic mass is 16.5. The fraction of sp³-hybridized carbons (Fsp3) is 0.333. The molecule has 0 saturated heterocycles. The zero-order chi connectivity index (χ0) is 19.4. The summed E-state index contributed by atoms with van der Waals surface area (Å²) in [5.41, 5.74) is 2.77. The number of nitrogens with zero attached hydrogens (tertiary/aromatic N) is 2. The summed E-state index contributed by atoms with van der Waals surface area (Å²) in [5.74, 6) is 1.33. The van der Waals surface area contributed by atoms with E-state index in [1.165, 1.54) is 0 Å². The van der Waals surface area contributed by atoms with Crippen LogP contribution in [0.5, 0.6) is 5.75 Å². The van der Waals surface area contributed by atoms with Gasteiger partial charge in [0.2, 0.25) is 0 Å². The minimum atomic E-state index is -0.650. The van der Waals surface area contributed by atoms with Crippen molar-refractivity contribution in [1.82, 2.24) is 14.9 Å². The normalized spacial score (nSPS) is 12.5. The Morgan fingerprint density at radius 3 is 2.63 bits per heavy atom. The molecule has 0 radical (unpaired) electrons. The van der Waals surface area contributed by atoms with Crippen LogP contribution in [-0.4, -0.2) is 46.3 Å². The molecule has 1 heterocycles. The number of hydrogen-bond acceptors (Lipinski definition) is 5. The molecule has 0 spiro atoms. The molecule has 142 valence electrons. The summed E-state index contributed by atoms with van der Waals surface area (Å²) in [6.45, 7) is 5.07. The summed E-state index contributed by atoms with van der Waals surface area (Å²) < 4.78 is 5.71. The van der Waals surface area contributed by atoms with E-state index in [9.17, 15) is 9.90 Å². The maximum absolute atomic E-state index is 12.1. The number of aryl methyl sites for hydroxylation is 2. The predicted molar refractivity (Wildman–Crippen MR) is 106 cm³/mol. The molecule has 0 aliphatic heterocycles. The topological polar surface area (TPSA) is 78.5 Å². The molecular weight excluding hydrogens is 342 g/mol. The molecule has 2 N–H and O–H groups in total. The smallest absolute Gasteiger partial charge is 0.258 e. The second-order valence-corrected chi connectivity index (χ2v) is 7.01. The lowest BCUT2D eigenvalue weighted by Gasteiger charge is -2.20. The van der Waals surface area contributed by atoms with Crippen LogP contribution in [0.3, 0.4) is 0 Å². The molecular formula is C21H25N3O3. The van der Waals surface area contributed by atoms with E-state index in [4.69, 9.17) is 4.74 Å². The maximum atomic E-state index is 12.1. The number of aliphatic hydroxyl groups excluding tert-OH is 1. The number of aromatic nitrogens is 2. The maximum Gasteiger partial charge on any atom is 0.258 e. The number of likely N-dealkylation sites (N-methyl/N-ethyl adjacent to an activating group) is 1. The Balaban J connectivity index is 1.57. The number of benzene rings is 2. The molecule has 1 aromatic heterocycles. The first-order valence-electron chi connectivity index (χ1n) is 8.96. The molecule has 0 aliphatic carbocycles. The van der Waals surface area contributed by atoms with Crippen molar-refractivity contribution in [1.29, 1.82) is 0 Å². The second-order valence-electron chi connectivity index (χ2n) is 7.01. The third kappa shape index (κ3) is 5.15. The van der Waals surface area contributed by atoms with E-state index in [-0.39, 0.29) is 12.2 Å². The Bertz CT molecular complexity index is 964. The predicted octanol–water partition coefficient (Wildman–Crippen LogP) is 2.41. The number of para-hydroxylation sites is 1. The molecule has 2 aromatic carbocycles. The van der Waals surface area contributed by atoms with Crippen molar-refractivity contribution in [3.8, 4) is 5.75 Å². The number of nitrogens with one attached hydrogen (secondary N) is 1. The lowest BCUT2D eigenvalue weighted by atomic mass is 10.1. The number of aliphatic hydroxyl groups is 1. The van der Waals surface area contributed by atoms with Crippen molar-refractivity contribution in [3.05, 3.63) is 69.8 Å². The summed E-state index contributed by atoms with van der Waals surface area (Å²) in [6.07, 6.45) is -0.650. The van der Waals surface area contributed by atoms with E-state index in [1.54, 1.807) is 6.07 Å². The first-order valence-corrected chi connectivity index (χ1v) is 8.96. The first kappa shape index (κ1) is 19.1. The van der Waals surface area contributed by atoms with Crippen molar-refractivity contribution in [2.75, 3.05) is 20.2 Å². The molecule has 0 bridgehead atoms. The average Bonchev–Trinajstić information content (AvgIpc) is 2.59. The number of hydrogen-bond donors (Lipinski definition) is 2. The number of aromatic amines is 1. The fourth-order valence-corrected chi connectivity index (χ4v) is 3.15. The van der Waals surface area contributed by atoms with Crippen LogP contribution < -0.4 is 10.3 Å². The van der Waals surface area contributed by atoms with Gasteiger partial charge in [0, 0.05) is 6.54 Å². The van der Waals surface area contributed by atoms with Crippen molar-refractivity contribution >= 4 is 10.9 Å².